The van der Waals surface area contributed by atoms with Crippen LogP contribution in [-0.4, -0.2) is 23.1 Å². The molecule has 3 heteroatoms. The van der Waals surface area contributed by atoms with Crippen LogP contribution in [0, 0.1) is 0 Å². The van der Waals surface area contributed by atoms with Crippen molar-refractivity contribution in [2.75, 3.05) is 6.54 Å². The van der Waals surface area contributed by atoms with E-state index >= 15 is 0 Å². The van der Waals surface area contributed by atoms with Gasteiger partial charge >= 0.3 is 0 Å². The number of aliphatic hydroxyl groups is 1. The summed E-state index contributed by atoms with van der Waals surface area (Å²) in [7, 11) is 0. The molecule has 1 saturated heterocycles. The summed E-state index contributed by atoms with van der Waals surface area (Å²) in [5, 5.41) is 13.2. The van der Waals surface area contributed by atoms with Gasteiger partial charge in [0.15, 0.2) is 0 Å². The molecule has 1 aromatic rings. The lowest BCUT2D eigenvalue weighted by Gasteiger charge is -2.28. The van der Waals surface area contributed by atoms with Crippen molar-refractivity contribution in [1.82, 2.24) is 5.32 Å². The Balaban J connectivity index is 1.96. The largest absolute Gasteiger partial charge is 0.391 e. The number of nitrogens with one attached hydrogen (secondary N) is 1. The number of piperidine rings is 1. The van der Waals surface area contributed by atoms with E-state index in [9.17, 15) is 5.11 Å². The van der Waals surface area contributed by atoms with Crippen LogP contribution in [0.5, 0.6) is 0 Å². The lowest BCUT2D eigenvalue weighted by molar-refractivity contribution is 0.130. The zero-order valence-electron chi connectivity index (χ0n) is 8.02. The average molecular weight is 209 g/mol. The van der Waals surface area contributed by atoms with Crippen LogP contribution in [0.4, 0.5) is 0 Å². The number of hydrogen-bond donors (Lipinski definition) is 2. The average Bonchev–Trinajstić information content (AvgIpc) is 2.23. The highest BCUT2D eigenvalue weighted by atomic mass is 32.2. The van der Waals surface area contributed by atoms with Gasteiger partial charge in [-0.05, 0) is 31.5 Å². The molecule has 2 rings (SSSR count). The Labute approximate surface area is 88.7 Å². The van der Waals surface area contributed by atoms with E-state index in [1.807, 2.05) is 18.2 Å². The minimum atomic E-state index is -0.214. The first-order valence-electron chi connectivity index (χ1n) is 4.99. The van der Waals surface area contributed by atoms with Crippen LogP contribution in [-0.2, 0) is 0 Å². The van der Waals surface area contributed by atoms with Gasteiger partial charge in [-0.3, -0.25) is 0 Å². The van der Waals surface area contributed by atoms with Crippen molar-refractivity contribution < 1.29 is 5.11 Å². The highest BCUT2D eigenvalue weighted by Crippen LogP contribution is 2.26. The molecular weight excluding hydrogens is 194 g/mol. The lowest BCUT2D eigenvalue weighted by atomic mass is 10.1. The second-order valence-corrected chi connectivity index (χ2v) is 4.73. The van der Waals surface area contributed by atoms with Crippen molar-refractivity contribution in [3.05, 3.63) is 30.3 Å². The summed E-state index contributed by atoms with van der Waals surface area (Å²) < 4.78 is 0. The normalized spacial score (nSPS) is 27.5. The van der Waals surface area contributed by atoms with Crippen molar-refractivity contribution in [2.24, 2.45) is 0 Å². The second kappa shape index (κ2) is 4.82. The first-order valence-corrected chi connectivity index (χ1v) is 5.87. The van der Waals surface area contributed by atoms with Crippen LogP contribution in [0.15, 0.2) is 35.2 Å². The van der Waals surface area contributed by atoms with Crippen LogP contribution >= 0.6 is 11.8 Å². The molecule has 2 atom stereocenters. The summed E-state index contributed by atoms with van der Waals surface area (Å²) in [5.74, 6) is 0. The molecule has 2 N–H and O–H groups in total. The first-order chi connectivity index (χ1) is 6.86. The first kappa shape index (κ1) is 10.0. The molecular formula is C11H15NOS. The van der Waals surface area contributed by atoms with E-state index in [4.69, 9.17) is 0 Å². The summed E-state index contributed by atoms with van der Waals surface area (Å²) >= 11 is 1.71. The smallest absolute Gasteiger partial charge is 0.0842 e. The maximum absolute atomic E-state index is 9.75. The summed E-state index contributed by atoms with van der Waals surface area (Å²) in [6.45, 7) is 1.02. The quantitative estimate of drug-likeness (QED) is 0.779. The topological polar surface area (TPSA) is 32.3 Å². The van der Waals surface area contributed by atoms with E-state index in [2.05, 4.69) is 17.4 Å². The molecule has 0 spiro atoms. The predicted octanol–water partition coefficient (Wildman–Crippen LogP) is 1.85. The molecule has 0 radical (unpaired) electrons. The molecule has 0 bridgehead atoms. The fourth-order valence-electron chi connectivity index (χ4n) is 1.61. The van der Waals surface area contributed by atoms with Crippen molar-refractivity contribution in [1.29, 1.82) is 0 Å². The van der Waals surface area contributed by atoms with Crippen LogP contribution < -0.4 is 5.32 Å². The van der Waals surface area contributed by atoms with E-state index in [0.717, 1.165) is 19.4 Å². The maximum atomic E-state index is 9.75. The van der Waals surface area contributed by atoms with Gasteiger partial charge in [0, 0.05) is 4.90 Å². The molecule has 1 heterocycles. The van der Waals surface area contributed by atoms with E-state index in [-0.39, 0.29) is 11.5 Å². The van der Waals surface area contributed by atoms with Gasteiger partial charge in [0.2, 0.25) is 0 Å². The molecule has 0 amide bonds. The maximum Gasteiger partial charge on any atom is 0.0842 e. The zero-order valence-corrected chi connectivity index (χ0v) is 8.83. The Bertz CT molecular complexity index is 278. The Kier molecular flexibility index (Phi) is 3.45. The van der Waals surface area contributed by atoms with Crippen molar-refractivity contribution in [2.45, 2.75) is 29.2 Å². The van der Waals surface area contributed by atoms with Crippen molar-refractivity contribution >= 4 is 11.8 Å². The summed E-state index contributed by atoms with van der Waals surface area (Å²) in [6, 6.07) is 10.2. The number of aliphatic hydroxyl groups excluding tert-OH is 1. The molecule has 1 aliphatic rings. The van der Waals surface area contributed by atoms with Gasteiger partial charge in [0.1, 0.15) is 0 Å². The van der Waals surface area contributed by atoms with E-state index in [0.29, 0.717) is 0 Å². The minimum absolute atomic E-state index is 0.158. The van der Waals surface area contributed by atoms with Gasteiger partial charge < -0.3 is 10.4 Å². The van der Waals surface area contributed by atoms with Gasteiger partial charge in [-0.25, -0.2) is 0 Å². The van der Waals surface area contributed by atoms with E-state index in [1.54, 1.807) is 11.8 Å². The van der Waals surface area contributed by atoms with Gasteiger partial charge in [0.25, 0.3) is 0 Å². The molecule has 14 heavy (non-hydrogen) atoms. The standard InChI is InChI=1S/C11H15NOS/c13-10-7-4-8-12-11(10)14-9-5-2-1-3-6-9/h1-3,5-6,10-13H,4,7-8H2. The molecule has 2 unspecified atom stereocenters. The molecule has 0 aliphatic carbocycles. The summed E-state index contributed by atoms with van der Waals surface area (Å²) in [6.07, 6.45) is 1.78. The number of benzene rings is 1. The molecule has 1 aromatic carbocycles. The third-order valence-corrected chi connectivity index (χ3v) is 3.66. The molecule has 0 saturated carbocycles. The van der Waals surface area contributed by atoms with Gasteiger partial charge in [-0.1, -0.05) is 18.2 Å². The van der Waals surface area contributed by atoms with Crippen LogP contribution in [0.1, 0.15) is 12.8 Å². The molecule has 0 aromatic heterocycles. The van der Waals surface area contributed by atoms with E-state index in [1.165, 1.54) is 4.90 Å². The van der Waals surface area contributed by atoms with Gasteiger partial charge in [-0.2, -0.15) is 0 Å². The minimum Gasteiger partial charge on any atom is -0.391 e. The second-order valence-electron chi connectivity index (χ2n) is 3.52. The fourth-order valence-corrected chi connectivity index (χ4v) is 2.71. The Morgan fingerprint density at radius 2 is 2.07 bits per heavy atom. The van der Waals surface area contributed by atoms with Crippen LogP contribution in [0.2, 0.25) is 0 Å². The SMILES string of the molecule is OC1CCCNC1Sc1ccccc1. The predicted molar refractivity (Wildman–Crippen MR) is 59.3 cm³/mol. The molecule has 76 valence electrons. The van der Waals surface area contributed by atoms with Gasteiger partial charge in [0.05, 0.1) is 11.5 Å². The third kappa shape index (κ3) is 2.50. The number of thioether (sulfide) groups is 1. The molecule has 1 fully saturated rings. The highest BCUT2D eigenvalue weighted by molar-refractivity contribution is 8.00. The Hall–Kier alpha value is -0.510. The lowest BCUT2D eigenvalue weighted by Crippen LogP contribution is -2.42. The fraction of sp³-hybridized carbons (Fsp3) is 0.455. The van der Waals surface area contributed by atoms with E-state index < -0.39 is 0 Å². The monoisotopic (exact) mass is 209 g/mol. The van der Waals surface area contributed by atoms with Crippen LogP contribution in [0.25, 0.3) is 0 Å². The van der Waals surface area contributed by atoms with Crippen LogP contribution in [0.3, 0.4) is 0 Å². The summed E-state index contributed by atoms with van der Waals surface area (Å²) in [5.41, 5.74) is 0. The number of rotatable bonds is 2. The van der Waals surface area contributed by atoms with Crippen molar-refractivity contribution in [3.8, 4) is 0 Å². The summed E-state index contributed by atoms with van der Waals surface area (Å²) in [4.78, 5) is 1.21. The Morgan fingerprint density at radius 1 is 1.29 bits per heavy atom. The van der Waals surface area contributed by atoms with Crippen molar-refractivity contribution in [3.63, 3.8) is 0 Å². The molecule has 2 nitrogen and oxygen atoms in total. The highest BCUT2D eigenvalue weighted by Gasteiger charge is 2.22. The Morgan fingerprint density at radius 3 is 2.79 bits per heavy atom. The zero-order chi connectivity index (χ0) is 9.80. The van der Waals surface area contributed by atoms with Gasteiger partial charge in [-0.15, -0.1) is 11.8 Å². The molecule has 1 aliphatic heterocycles. The number of hydrogen-bond acceptors (Lipinski definition) is 3. The third-order valence-electron chi connectivity index (χ3n) is 2.38.